The molecule has 0 radical (unpaired) electrons. The molecular formula is C39H46F2N6O4Si. The van der Waals surface area contributed by atoms with Gasteiger partial charge in [-0.25, -0.2) is 28.3 Å². The van der Waals surface area contributed by atoms with Crippen molar-refractivity contribution < 1.29 is 27.8 Å². The summed E-state index contributed by atoms with van der Waals surface area (Å²) >= 11 is 0. The van der Waals surface area contributed by atoms with Gasteiger partial charge in [-0.2, -0.15) is 0 Å². The van der Waals surface area contributed by atoms with Crippen LogP contribution in [0.4, 0.5) is 18.4 Å². The Hall–Kier alpha value is -4.78. The second kappa shape index (κ2) is 12.4. The number of fused-ring (bicyclic) bond motifs is 3. The van der Waals surface area contributed by atoms with Crippen LogP contribution in [0, 0.1) is 0 Å². The van der Waals surface area contributed by atoms with Crippen LogP contribution in [0.2, 0.25) is 19.1 Å². The highest BCUT2D eigenvalue weighted by atomic mass is 28.3. The zero-order chi connectivity index (χ0) is 37.4. The SMILES string of the molecule is CC(C)(C)OC(=O)N1C[Si](C)(C)C[C@H]1c1ncc(-c2ccc(-c3ccc4c(ccc5nc([C@@H]6CC(F)(F)CN6C(=O)OC(C)(C)C)[nH]c54)c3)cc2)[nH]1. The first kappa shape index (κ1) is 35.6. The molecule has 0 unspecified atom stereocenters. The van der Waals surface area contributed by atoms with Crippen molar-refractivity contribution in [3.63, 3.8) is 0 Å². The molecule has 3 aromatic carbocycles. The molecule has 13 heteroatoms. The van der Waals surface area contributed by atoms with Gasteiger partial charge in [0, 0.05) is 18.0 Å². The first-order valence-electron chi connectivity index (χ1n) is 17.7. The van der Waals surface area contributed by atoms with Crippen LogP contribution in [-0.4, -0.2) is 79.8 Å². The average molecular weight is 729 g/mol. The van der Waals surface area contributed by atoms with Gasteiger partial charge in [0.15, 0.2) is 0 Å². The maximum atomic E-state index is 14.6. The predicted molar refractivity (Wildman–Crippen MR) is 200 cm³/mol. The van der Waals surface area contributed by atoms with Crippen molar-refractivity contribution in [2.24, 2.45) is 0 Å². The van der Waals surface area contributed by atoms with Crippen molar-refractivity contribution in [3.05, 3.63) is 72.4 Å². The van der Waals surface area contributed by atoms with Crippen molar-refractivity contribution in [2.75, 3.05) is 12.7 Å². The van der Waals surface area contributed by atoms with Crippen molar-refractivity contribution in [1.82, 2.24) is 29.7 Å². The van der Waals surface area contributed by atoms with Crippen LogP contribution in [0.1, 0.15) is 71.7 Å². The maximum absolute atomic E-state index is 14.6. The van der Waals surface area contributed by atoms with Crippen molar-refractivity contribution >= 4 is 42.1 Å². The number of aromatic amines is 2. The molecule has 2 aliphatic rings. The largest absolute Gasteiger partial charge is 0.444 e. The third-order valence-electron chi connectivity index (χ3n) is 9.49. The minimum absolute atomic E-state index is 0.150. The molecule has 0 spiro atoms. The van der Waals surface area contributed by atoms with Crippen molar-refractivity contribution in [1.29, 1.82) is 0 Å². The van der Waals surface area contributed by atoms with Gasteiger partial charge in [-0.1, -0.05) is 55.6 Å². The third-order valence-corrected chi connectivity index (χ3v) is 12.2. The summed E-state index contributed by atoms with van der Waals surface area (Å²) in [7, 11) is -1.65. The van der Waals surface area contributed by atoms with E-state index < -0.39 is 50.3 Å². The van der Waals surface area contributed by atoms with Crippen molar-refractivity contribution in [3.8, 4) is 22.4 Å². The molecule has 0 bridgehead atoms. The molecule has 2 amide bonds. The molecule has 0 aliphatic carbocycles. The predicted octanol–water partition coefficient (Wildman–Crippen LogP) is 9.63. The highest BCUT2D eigenvalue weighted by Gasteiger charge is 2.50. The van der Waals surface area contributed by atoms with E-state index in [0.717, 1.165) is 61.6 Å². The number of likely N-dealkylation sites (tertiary alicyclic amines) is 1. The van der Waals surface area contributed by atoms with Gasteiger partial charge in [0.25, 0.3) is 5.92 Å². The Morgan fingerprint density at radius 3 is 2.13 bits per heavy atom. The number of H-pyrrole nitrogens is 2. The van der Waals surface area contributed by atoms with E-state index in [2.05, 4.69) is 46.2 Å². The number of alkyl halides is 2. The van der Waals surface area contributed by atoms with E-state index in [4.69, 9.17) is 14.5 Å². The van der Waals surface area contributed by atoms with Gasteiger partial charge in [0.1, 0.15) is 22.9 Å². The fraction of sp³-hybridized carbons (Fsp3) is 0.436. The second-order valence-corrected chi connectivity index (χ2v) is 22.0. The highest BCUT2D eigenvalue weighted by Crippen LogP contribution is 2.42. The fourth-order valence-electron chi connectivity index (χ4n) is 7.26. The summed E-state index contributed by atoms with van der Waals surface area (Å²) in [4.78, 5) is 45.0. The molecule has 2 saturated heterocycles. The minimum atomic E-state index is -3.05. The lowest BCUT2D eigenvalue weighted by Gasteiger charge is -2.28. The Labute approximate surface area is 302 Å². The van der Waals surface area contributed by atoms with Crippen LogP contribution in [0.15, 0.2) is 60.8 Å². The molecular weight excluding hydrogens is 683 g/mol. The Balaban J connectivity index is 1.11. The molecule has 2 aliphatic heterocycles. The van der Waals surface area contributed by atoms with E-state index in [1.165, 1.54) is 0 Å². The number of nitrogens with one attached hydrogen (secondary N) is 2. The van der Waals surface area contributed by atoms with E-state index in [-0.39, 0.29) is 12.1 Å². The first-order valence-corrected chi connectivity index (χ1v) is 21.1. The number of imidazole rings is 2. The van der Waals surface area contributed by atoms with Crippen LogP contribution >= 0.6 is 0 Å². The number of ether oxygens (including phenoxy) is 2. The monoisotopic (exact) mass is 728 g/mol. The van der Waals surface area contributed by atoms with Crippen LogP contribution < -0.4 is 0 Å². The standard InChI is InChI=1S/C39H46F2N6O4Si/c1-37(2,3)50-35(48)46-21-39(40,41)18-30(46)34-43-28-16-14-26-17-25(13-15-27(26)32(28)45-34)23-9-11-24(12-10-23)29-19-42-33(44-29)31-20-52(7,8)22-47(31)36(49)51-38(4,5)6/h9-17,19,30-31H,18,20-22H2,1-8H3,(H,42,44)(H,43,45)/t30-,31-/m0/s1. The van der Waals surface area contributed by atoms with E-state index in [9.17, 15) is 18.4 Å². The molecule has 4 heterocycles. The van der Waals surface area contributed by atoms with Gasteiger partial charge in [-0.05, 0) is 81.8 Å². The topological polar surface area (TPSA) is 116 Å². The number of carbonyl (C=O) groups is 2. The third kappa shape index (κ3) is 7.28. The lowest BCUT2D eigenvalue weighted by atomic mass is 9.99. The number of hydrogen-bond acceptors (Lipinski definition) is 6. The molecule has 2 fully saturated rings. The molecule has 2 atom stereocenters. The number of hydrogen-bond donors (Lipinski definition) is 2. The summed E-state index contributed by atoms with van der Waals surface area (Å²) in [6.45, 7) is 14.6. The molecule has 0 saturated carbocycles. The van der Waals surface area contributed by atoms with Gasteiger partial charge in [-0.15, -0.1) is 0 Å². The van der Waals surface area contributed by atoms with E-state index in [0.29, 0.717) is 11.3 Å². The molecule has 274 valence electrons. The summed E-state index contributed by atoms with van der Waals surface area (Å²) < 4.78 is 40.4. The fourth-order valence-corrected chi connectivity index (χ4v) is 10.1. The minimum Gasteiger partial charge on any atom is -0.444 e. The van der Waals surface area contributed by atoms with Crippen LogP contribution in [-0.2, 0) is 9.47 Å². The Morgan fingerprint density at radius 2 is 1.46 bits per heavy atom. The van der Waals surface area contributed by atoms with E-state index in [1.807, 2.05) is 68.3 Å². The normalized spacial score (nSPS) is 20.2. The van der Waals surface area contributed by atoms with Crippen LogP contribution in [0.25, 0.3) is 44.2 Å². The van der Waals surface area contributed by atoms with Gasteiger partial charge < -0.3 is 24.3 Å². The summed E-state index contributed by atoms with van der Waals surface area (Å²) in [6.07, 6.45) is 0.930. The van der Waals surface area contributed by atoms with Crippen LogP contribution in [0.5, 0.6) is 0 Å². The zero-order valence-electron chi connectivity index (χ0n) is 30.9. The Bertz CT molecular complexity index is 2170. The summed E-state index contributed by atoms with van der Waals surface area (Å²) in [5.74, 6) is -1.97. The van der Waals surface area contributed by atoms with Crippen LogP contribution in [0.3, 0.4) is 0 Å². The lowest BCUT2D eigenvalue weighted by Crippen LogP contribution is -2.39. The van der Waals surface area contributed by atoms with Gasteiger partial charge in [0.2, 0.25) is 0 Å². The lowest BCUT2D eigenvalue weighted by molar-refractivity contribution is -0.00248. The van der Waals surface area contributed by atoms with E-state index in [1.54, 1.807) is 20.8 Å². The Morgan fingerprint density at radius 1 is 0.827 bits per heavy atom. The molecule has 2 aromatic heterocycles. The summed E-state index contributed by atoms with van der Waals surface area (Å²) in [5, 5.41) is 1.86. The molecule has 10 nitrogen and oxygen atoms in total. The number of amides is 2. The van der Waals surface area contributed by atoms with Gasteiger partial charge >= 0.3 is 12.2 Å². The van der Waals surface area contributed by atoms with E-state index >= 15 is 0 Å². The Kier molecular flexibility index (Phi) is 8.51. The molecule has 52 heavy (non-hydrogen) atoms. The zero-order valence-corrected chi connectivity index (χ0v) is 31.9. The van der Waals surface area contributed by atoms with Gasteiger partial charge in [-0.3, -0.25) is 4.90 Å². The highest BCUT2D eigenvalue weighted by molar-refractivity contribution is 6.78. The smallest absolute Gasteiger partial charge is 0.411 e. The maximum Gasteiger partial charge on any atom is 0.411 e. The number of carbonyl (C=O) groups excluding carboxylic acids is 2. The second-order valence-electron chi connectivity index (χ2n) is 17.0. The molecule has 5 aromatic rings. The number of aromatic nitrogens is 4. The van der Waals surface area contributed by atoms with Gasteiger partial charge in [0.05, 0.1) is 49.6 Å². The number of rotatable bonds is 4. The number of nitrogens with zero attached hydrogens (tertiary/aromatic N) is 4. The number of benzene rings is 3. The number of halogens is 2. The average Bonchev–Trinajstić information content (AvgIpc) is 3.82. The molecule has 7 rings (SSSR count). The summed E-state index contributed by atoms with van der Waals surface area (Å²) in [6, 6.07) is 18.0. The first-order chi connectivity index (χ1) is 24.2. The quantitative estimate of drug-likeness (QED) is 0.178. The van der Waals surface area contributed by atoms with Crippen molar-refractivity contribution in [2.45, 2.75) is 96.3 Å². The molecule has 2 N–H and O–H groups in total. The summed E-state index contributed by atoms with van der Waals surface area (Å²) in [5.41, 5.74) is 3.86.